The standard InChI is InChI=1S/C49H47ClN6O4/c1-32-46(26-38(28-51)52(32)2)56-44-18-15-40(60-31-33-9-5-4-6-10-33)24-35(44)13-17-45-43(49(56)58)27-47(53(45)3)42-25-37(50)14-16-41(42)48(57)55-29-36-12-8-7-11-34(36)23-39(55)30-54-19-21-59-22-20-54/h4-12,14-16,18,24-27,39H,13,17,19-23,29-31H2,1-3H3/t39-/m0/s1. The predicted molar refractivity (Wildman–Crippen MR) is 233 cm³/mol. The monoisotopic (exact) mass is 818 g/mol. The van der Waals surface area contributed by atoms with Gasteiger partial charge in [0.2, 0.25) is 0 Å². The van der Waals surface area contributed by atoms with Crippen LogP contribution in [0.5, 0.6) is 5.75 Å². The summed E-state index contributed by atoms with van der Waals surface area (Å²) in [6.07, 6.45) is 1.93. The summed E-state index contributed by atoms with van der Waals surface area (Å²) in [6.45, 7) is 6.62. The molecular weight excluding hydrogens is 772 g/mol. The molecule has 6 aromatic rings. The summed E-state index contributed by atoms with van der Waals surface area (Å²) in [5, 5.41) is 10.5. The molecule has 3 aliphatic heterocycles. The number of hydrogen-bond donors (Lipinski definition) is 0. The molecule has 1 saturated heterocycles. The zero-order valence-electron chi connectivity index (χ0n) is 34.2. The first-order valence-corrected chi connectivity index (χ1v) is 20.9. The van der Waals surface area contributed by atoms with Crippen LogP contribution < -0.4 is 9.64 Å². The largest absolute Gasteiger partial charge is 0.489 e. The first kappa shape index (κ1) is 39.3. The van der Waals surface area contributed by atoms with Crippen LogP contribution in [0.3, 0.4) is 0 Å². The number of aromatic nitrogens is 2. The minimum atomic E-state index is -0.225. The van der Waals surface area contributed by atoms with Crippen LogP contribution in [0.4, 0.5) is 11.4 Å². The highest BCUT2D eigenvalue weighted by molar-refractivity contribution is 6.31. The number of fused-ring (bicyclic) bond motifs is 3. The number of amides is 2. The number of carbonyl (C=O) groups is 2. The number of carbonyl (C=O) groups excluding carboxylic acids is 2. The van der Waals surface area contributed by atoms with Gasteiger partial charge in [0.25, 0.3) is 11.8 Å². The number of halogens is 1. The maximum atomic E-state index is 15.3. The van der Waals surface area contributed by atoms with Gasteiger partial charge in [0.15, 0.2) is 0 Å². The minimum absolute atomic E-state index is 0.0368. The highest BCUT2D eigenvalue weighted by atomic mass is 35.5. The van der Waals surface area contributed by atoms with Gasteiger partial charge in [-0.25, -0.2) is 0 Å². The molecule has 5 heterocycles. The summed E-state index contributed by atoms with van der Waals surface area (Å²) in [5.74, 6) is 0.405. The number of hydrogen-bond acceptors (Lipinski definition) is 6. The molecule has 11 heteroatoms. The fourth-order valence-corrected chi connectivity index (χ4v) is 9.25. The van der Waals surface area contributed by atoms with Gasteiger partial charge < -0.3 is 23.5 Å². The Morgan fingerprint density at radius 3 is 2.38 bits per heavy atom. The minimum Gasteiger partial charge on any atom is -0.489 e. The molecule has 0 unspecified atom stereocenters. The Bertz CT molecular complexity index is 2650. The first-order valence-electron chi connectivity index (χ1n) is 20.6. The Kier molecular flexibility index (Phi) is 10.8. The van der Waals surface area contributed by atoms with Gasteiger partial charge in [-0.15, -0.1) is 0 Å². The van der Waals surface area contributed by atoms with E-state index in [4.69, 9.17) is 21.1 Å². The third kappa shape index (κ3) is 7.38. The SMILES string of the molecule is Cc1c(N2C(=O)c3cc(-c4cc(Cl)ccc4C(=O)N4Cc5ccccc5C[C@H]4CN4CCOCC4)n(C)c3CCc3cc(OCc4ccccc4)ccc32)cc(C#N)n1C. The van der Waals surface area contributed by atoms with E-state index < -0.39 is 0 Å². The molecule has 0 spiro atoms. The molecule has 2 aromatic heterocycles. The van der Waals surface area contributed by atoms with E-state index in [2.05, 4.69) is 29.2 Å². The van der Waals surface area contributed by atoms with Crippen molar-refractivity contribution in [3.05, 3.63) is 159 Å². The summed E-state index contributed by atoms with van der Waals surface area (Å²) in [6, 6.07) is 35.7. The van der Waals surface area contributed by atoms with Gasteiger partial charge in [0.05, 0.1) is 30.2 Å². The zero-order valence-corrected chi connectivity index (χ0v) is 34.9. The summed E-state index contributed by atoms with van der Waals surface area (Å²) < 4.78 is 15.8. The van der Waals surface area contributed by atoms with E-state index in [0.717, 1.165) is 65.5 Å². The van der Waals surface area contributed by atoms with E-state index in [1.165, 1.54) is 5.56 Å². The van der Waals surface area contributed by atoms with Gasteiger partial charge in [-0.05, 0) is 97.0 Å². The molecule has 0 saturated carbocycles. The van der Waals surface area contributed by atoms with Crippen molar-refractivity contribution < 1.29 is 19.1 Å². The third-order valence-corrected chi connectivity index (χ3v) is 12.7. The third-order valence-electron chi connectivity index (χ3n) is 12.5. The van der Waals surface area contributed by atoms with Gasteiger partial charge in [-0.2, -0.15) is 5.26 Å². The highest BCUT2D eigenvalue weighted by Crippen LogP contribution is 2.41. The Balaban J connectivity index is 1.11. The Hall–Kier alpha value is -6.12. The van der Waals surface area contributed by atoms with Crippen LogP contribution in [0.1, 0.15) is 60.1 Å². The van der Waals surface area contributed by atoms with Crippen molar-refractivity contribution in [1.82, 2.24) is 18.9 Å². The number of nitrogens with zero attached hydrogens (tertiary/aromatic N) is 6. The van der Waals surface area contributed by atoms with Crippen LogP contribution in [0.15, 0.2) is 103 Å². The number of anilines is 2. The average Bonchev–Trinajstić information content (AvgIpc) is 3.75. The lowest BCUT2D eigenvalue weighted by Gasteiger charge is -2.40. The number of rotatable bonds is 8. The molecule has 1 atom stereocenters. The fraction of sp³-hybridized carbons (Fsp3) is 0.286. The number of nitriles is 1. The summed E-state index contributed by atoms with van der Waals surface area (Å²) in [4.78, 5) is 36.5. The smallest absolute Gasteiger partial charge is 0.264 e. The van der Waals surface area contributed by atoms with Crippen molar-refractivity contribution in [2.24, 2.45) is 14.1 Å². The van der Waals surface area contributed by atoms with Gasteiger partial charge >= 0.3 is 0 Å². The predicted octanol–water partition coefficient (Wildman–Crippen LogP) is 8.42. The van der Waals surface area contributed by atoms with E-state index in [9.17, 15) is 5.26 Å². The van der Waals surface area contributed by atoms with Gasteiger partial charge in [-0.3, -0.25) is 19.4 Å². The lowest BCUT2D eigenvalue weighted by Crippen LogP contribution is -2.52. The quantitative estimate of drug-likeness (QED) is 0.153. The lowest BCUT2D eigenvalue weighted by atomic mass is 9.92. The lowest BCUT2D eigenvalue weighted by molar-refractivity contribution is 0.0193. The molecule has 0 radical (unpaired) electrons. The summed E-state index contributed by atoms with van der Waals surface area (Å²) in [5.41, 5.74) is 10.3. The first-order chi connectivity index (χ1) is 29.2. The second-order valence-electron chi connectivity index (χ2n) is 16.0. The Morgan fingerprint density at radius 1 is 0.850 bits per heavy atom. The van der Waals surface area contributed by atoms with Crippen molar-refractivity contribution in [1.29, 1.82) is 5.26 Å². The molecule has 3 aliphatic rings. The molecule has 0 bridgehead atoms. The topological polar surface area (TPSA) is 96.0 Å². The molecule has 0 aliphatic carbocycles. The highest BCUT2D eigenvalue weighted by Gasteiger charge is 2.36. The molecular formula is C49H47ClN6O4. The fourth-order valence-electron chi connectivity index (χ4n) is 9.08. The van der Waals surface area contributed by atoms with Crippen LogP contribution in [0, 0.1) is 18.3 Å². The summed E-state index contributed by atoms with van der Waals surface area (Å²) >= 11 is 6.77. The molecule has 0 N–H and O–H groups in total. The zero-order chi connectivity index (χ0) is 41.5. The molecule has 1 fully saturated rings. The number of aryl methyl sites for hydroxylation is 1. The van der Waals surface area contributed by atoms with Crippen LogP contribution >= 0.6 is 11.6 Å². The normalized spacial score (nSPS) is 16.6. The number of ether oxygens (including phenoxy) is 2. The van der Waals surface area contributed by atoms with Crippen molar-refractivity contribution >= 4 is 34.8 Å². The second-order valence-corrected chi connectivity index (χ2v) is 16.4. The Morgan fingerprint density at radius 2 is 1.62 bits per heavy atom. The molecule has 4 aromatic carbocycles. The van der Waals surface area contributed by atoms with Crippen molar-refractivity contribution in [3.63, 3.8) is 0 Å². The van der Waals surface area contributed by atoms with Crippen LogP contribution in [-0.2, 0) is 51.2 Å². The van der Waals surface area contributed by atoms with E-state index in [0.29, 0.717) is 78.1 Å². The van der Waals surface area contributed by atoms with Crippen molar-refractivity contribution in [2.75, 3.05) is 37.7 Å². The number of benzene rings is 4. The van der Waals surface area contributed by atoms with E-state index in [1.807, 2.05) is 108 Å². The molecule has 60 heavy (non-hydrogen) atoms. The Labute approximate surface area is 355 Å². The van der Waals surface area contributed by atoms with Gasteiger partial charge in [0, 0.05) is 79.5 Å². The van der Waals surface area contributed by atoms with Gasteiger partial charge in [0.1, 0.15) is 24.1 Å². The average molecular weight is 819 g/mol. The maximum absolute atomic E-state index is 15.3. The number of morpholine rings is 1. The molecule has 9 rings (SSSR count). The van der Waals surface area contributed by atoms with Crippen LogP contribution in [0.25, 0.3) is 11.3 Å². The summed E-state index contributed by atoms with van der Waals surface area (Å²) in [7, 11) is 3.80. The maximum Gasteiger partial charge on any atom is 0.264 e. The second kappa shape index (κ2) is 16.5. The van der Waals surface area contributed by atoms with Crippen molar-refractivity contribution in [2.45, 2.75) is 45.4 Å². The van der Waals surface area contributed by atoms with E-state index in [-0.39, 0.29) is 17.9 Å². The van der Waals surface area contributed by atoms with Crippen LogP contribution in [-0.4, -0.2) is 69.6 Å². The van der Waals surface area contributed by atoms with Gasteiger partial charge in [-0.1, -0.05) is 66.2 Å². The van der Waals surface area contributed by atoms with Crippen molar-refractivity contribution in [3.8, 4) is 23.1 Å². The van der Waals surface area contributed by atoms with E-state index in [1.54, 1.807) is 17.0 Å². The van der Waals surface area contributed by atoms with Crippen LogP contribution in [0.2, 0.25) is 5.02 Å². The van der Waals surface area contributed by atoms with E-state index >= 15 is 9.59 Å². The molecule has 304 valence electrons. The molecule has 2 amide bonds. The molecule has 10 nitrogen and oxygen atoms in total.